The van der Waals surface area contributed by atoms with Crippen LogP contribution in [0.2, 0.25) is 5.02 Å². The first-order chi connectivity index (χ1) is 8.13. The molecule has 2 aliphatic rings. The maximum atomic E-state index is 13.8. The highest BCUT2D eigenvalue weighted by Crippen LogP contribution is 2.58. The Balaban J connectivity index is 1.82. The lowest BCUT2D eigenvalue weighted by Crippen LogP contribution is -2.30. The Hall–Kier alpha value is -0.600. The minimum Gasteiger partial charge on any atom is -0.324 e. The molecule has 0 aliphatic heterocycles. The molecule has 0 saturated heterocycles. The van der Waals surface area contributed by atoms with E-state index in [4.69, 9.17) is 17.3 Å². The number of hydrogen-bond acceptors (Lipinski definition) is 1. The van der Waals surface area contributed by atoms with Gasteiger partial charge in [-0.3, -0.25) is 0 Å². The lowest BCUT2D eigenvalue weighted by Gasteiger charge is -2.13. The Kier molecular flexibility index (Phi) is 2.68. The molecule has 2 unspecified atom stereocenters. The van der Waals surface area contributed by atoms with E-state index in [0.717, 1.165) is 0 Å². The van der Waals surface area contributed by atoms with Gasteiger partial charge in [-0.15, -0.1) is 0 Å². The summed E-state index contributed by atoms with van der Waals surface area (Å²) in [5, 5.41) is 0.203. The second-order valence-electron chi connectivity index (χ2n) is 5.50. The minimum atomic E-state index is -0.289. The van der Waals surface area contributed by atoms with Crippen LogP contribution in [0.1, 0.15) is 31.2 Å². The summed E-state index contributed by atoms with van der Waals surface area (Å²) in [5.74, 6) is 0.923. The van der Waals surface area contributed by atoms with Gasteiger partial charge in [0.25, 0.3) is 0 Å². The van der Waals surface area contributed by atoms with Crippen molar-refractivity contribution in [3.8, 4) is 0 Å². The molecule has 0 bridgehead atoms. The average molecular weight is 254 g/mol. The van der Waals surface area contributed by atoms with Crippen LogP contribution in [-0.2, 0) is 6.42 Å². The van der Waals surface area contributed by atoms with Gasteiger partial charge in [0.1, 0.15) is 5.82 Å². The summed E-state index contributed by atoms with van der Waals surface area (Å²) in [6, 6.07) is 5.19. The predicted molar refractivity (Wildman–Crippen MR) is 67.5 cm³/mol. The number of fused-ring (bicyclic) bond motifs is 1. The maximum Gasteiger partial charge on any atom is 0.145 e. The number of rotatable bonds is 2. The van der Waals surface area contributed by atoms with Crippen molar-refractivity contribution in [2.24, 2.45) is 17.6 Å². The highest BCUT2D eigenvalue weighted by atomic mass is 35.5. The summed E-state index contributed by atoms with van der Waals surface area (Å²) in [4.78, 5) is 0. The van der Waals surface area contributed by atoms with Crippen LogP contribution < -0.4 is 5.73 Å². The molecule has 92 valence electrons. The molecule has 2 fully saturated rings. The van der Waals surface area contributed by atoms with Crippen LogP contribution in [0.3, 0.4) is 0 Å². The number of nitrogens with two attached hydrogens (primary N) is 1. The van der Waals surface area contributed by atoms with Crippen molar-refractivity contribution in [3.63, 3.8) is 0 Å². The lowest BCUT2D eigenvalue weighted by molar-refractivity contribution is 0.480. The molecule has 2 saturated carbocycles. The topological polar surface area (TPSA) is 26.0 Å². The lowest BCUT2D eigenvalue weighted by atomic mass is 10.0. The molecule has 1 aromatic rings. The van der Waals surface area contributed by atoms with Crippen LogP contribution in [0.15, 0.2) is 18.2 Å². The number of benzene rings is 1. The minimum absolute atomic E-state index is 0.165. The van der Waals surface area contributed by atoms with E-state index < -0.39 is 0 Å². The van der Waals surface area contributed by atoms with E-state index in [-0.39, 0.29) is 16.4 Å². The van der Waals surface area contributed by atoms with Crippen molar-refractivity contribution < 1.29 is 4.39 Å². The third kappa shape index (κ3) is 1.78. The summed E-state index contributed by atoms with van der Waals surface area (Å²) in [5.41, 5.74) is 6.95. The zero-order chi connectivity index (χ0) is 12.0. The molecule has 0 amide bonds. The fourth-order valence-electron chi connectivity index (χ4n) is 3.57. The highest BCUT2D eigenvalue weighted by molar-refractivity contribution is 6.30. The van der Waals surface area contributed by atoms with Gasteiger partial charge < -0.3 is 5.73 Å². The van der Waals surface area contributed by atoms with Gasteiger partial charge in [0, 0.05) is 5.54 Å². The molecular weight excluding hydrogens is 237 g/mol. The molecule has 1 nitrogen and oxygen atoms in total. The van der Waals surface area contributed by atoms with E-state index in [2.05, 4.69) is 0 Å². The number of hydrogen-bond donors (Lipinski definition) is 1. The molecule has 2 atom stereocenters. The monoisotopic (exact) mass is 253 g/mol. The highest BCUT2D eigenvalue weighted by Gasteiger charge is 2.61. The van der Waals surface area contributed by atoms with Gasteiger partial charge in [0.05, 0.1) is 5.02 Å². The maximum absolute atomic E-state index is 13.8. The van der Waals surface area contributed by atoms with Crippen molar-refractivity contribution in [2.75, 3.05) is 0 Å². The Morgan fingerprint density at radius 3 is 2.59 bits per heavy atom. The Bertz CT molecular complexity index is 434. The summed E-state index contributed by atoms with van der Waals surface area (Å²) < 4.78 is 13.8. The van der Waals surface area contributed by atoms with Crippen molar-refractivity contribution in [3.05, 3.63) is 34.6 Å². The Morgan fingerprint density at radius 1 is 1.29 bits per heavy atom. The van der Waals surface area contributed by atoms with Crippen LogP contribution in [0.5, 0.6) is 0 Å². The summed E-state index contributed by atoms with van der Waals surface area (Å²) in [6.07, 6.45) is 5.61. The fraction of sp³-hybridized carbons (Fsp3) is 0.571. The molecule has 0 aromatic heterocycles. The first kappa shape index (κ1) is 11.5. The molecule has 0 spiro atoms. The molecule has 1 aromatic carbocycles. The van der Waals surface area contributed by atoms with Crippen LogP contribution in [0, 0.1) is 17.7 Å². The molecule has 0 radical (unpaired) electrons. The standard InChI is InChI=1S/C14H17ClFN/c15-12-7-3-4-9(13(12)16)8-14(17)10-5-1-2-6-11(10)14/h3-4,7,10-11H,1-2,5-6,8,17H2. The van der Waals surface area contributed by atoms with Crippen LogP contribution in [-0.4, -0.2) is 5.54 Å². The van der Waals surface area contributed by atoms with Gasteiger partial charge in [0.2, 0.25) is 0 Å². The molecule has 3 rings (SSSR count). The van der Waals surface area contributed by atoms with Gasteiger partial charge >= 0.3 is 0 Å². The van der Waals surface area contributed by atoms with Crippen molar-refractivity contribution in [2.45, 2.75) is 37.6 Å². The van der Waals surface area contributed by atoms with Gasteiger partial charge in [-0.05, 0) is 42.7 Å². The molecule has 17 heavy (non-hydrogen) atoms. The first-order valence-corrected chi connectivity index (χ1v) is 6.72. The van der Waals surface area contributed by atoms with E-state index >= 15 is 0 Å². The largest absolute Gasteiger partial charge is 0.324 e. The molecule has 2 N–H and O–H groups in total. The Labute approximate surface area is 106 Å². The van der Waals surface area contributed by atoms with Crippen LogP contribution in [0.25, 0.3) is 0 Å². The van der Waals surface area contributed by atoms with E-state index in [1.807, 2.05) is 0 Å². The van der Waals surface area contributed by atoms with E-state index in [1.165, 1.54) is 25.7 Å². The summed E-state index contributed by atoms with van der Waals surface area (Å²) in [6.45, 7) is 0. The third-order valence-electron chi connectivity index (χ3n) is 4.57. The molecule has 2 aliphatic carbocycles. The smallest absolute Gasteiger partial charge is 0.145 e. The van der Waals surface area contributed by atoms with Gasteiger partial charge in [0.15, 0.2) is 0 Å². The average Bonchev–Trinajstić information content (AvgIpc) is 2.92. The molecule has 0 heterocycles. The summed E-state index contributed by atoms with van der Waals surface area (Å²) >= 11 is 5.80. The van der Waals surface area contributed by atoms with Crippen molar-refractivity contribution in [1.82, 2.24) is 0 Å². The Morgan fingerprint density at radius 2 is 1.94 bits per heavy atom. The van der Waals surface area contributed by atoms with E-state index in [0.29, 0.717) is 23.8 Å². The molecular formula is C14H17ClFN. The van der Waals surface area contributed by atoms with Gasteiger partial charge in [-0.2, -0.15) is 0 Å². The SMILES string of the molecule is NC1(Cc2cccc(Cl)c2F)C2CCCCC21. The third-order valence-corrected chi connectivity index (χ3v) is 4.86. The van der Waals surface area contributed by atoms with E-state index in [1.54, 1.807) is 18.2 Å². The zero-order valence-corrected chi connectivity index (χ0v) is 10.5. The predicted octanol–water partition coefficient (Wildman–Crippen LogP) is 3.54. The normalized spacial score (nSPS) is 35.5. The second kappa shape index (κ2) is 3.96. The first-order valence-electron chi connectivity index (χ1n) is 6.34. The second-order valence-corrected chi connectivity index (χ2v) is 5.91. The molecule has 3 heteroatoms. The van der Waals surface area contributed by atoms with Crippen molar-refractivity contribution >= 4 is 11.6 Å². The van der Waals surface area contributed by atoms with Crippen LogP contribution in [0.4, 0.5) is 4.39 Å². The zero-order valence-electron chi connectivity index (χ0n) is 9.76. The van der Waals surface area contributed by atoms with Gasteiger partial charge in [-0.25, -0.2) is 4.39 Å². The van der Waals surface area contributed by atoms with Crippen LogP contribution >= 0.6 is 11.6 Å². The van der Waals surface area contributed by atoms with Crippen molar-refractivity contribution in [1.29, 1.82) is 0 Å². The summed E-state index contributed by atoms with van der Waals surface area (Å²) in [7, 11) is 0. The number of halogens is 2. The fourth-order valence-corrected chi connectivity index (χ4v) is 3.77. The van der Waals surface area contributed by atoms with E-state index in [9.17, 15) is 4.39 Å². The van der Waals surface area contributed by atoms with Gasteiger partial charge in [-0.1, -0.05) is 36.6 Å². The quantitative estimate of drug-likeness (QED) is 0.857.